The molecule has 2 aromatic rings. The van der Waals surface area contributed by atoms with Crippen molar-refractivity contribution in [3.8, 4) is 0 Å². The van der Waals surface area contributed by atoms with E-state index in [4.69, 9.17) is 0 Å². The molecular weight excluding hydrogens is 378 g/mol. The van der Waals surface area contributed by atoms with Crippen LogP contribution in [0.5, 0.6) is 0 Å². The highest BCUT2D eigenvalue weighted by Crippen LogP contribution is 2.21. The molecule has 0 saturated heterocycles. The van der Waals surface area contributed by atoms with E-state index < -0.39 is 0 Å². The molecule has 7 heteroatoms. The highest BCUT2D eigenvalue weighted by Gasteiger charge is 2.13. The number of carbonyl (C=O) groups excluding carboxylic acids is 2. The zero-order valence-electron chi connectivity index (χ0n) is 13.0. The average molecular weight is 397 g/mol. The van der Waals surface area contributed by atoms with Crippen LogP contribution in [0.2, 0.25) is 0 Å². The Labute approximate surface area is 147 Å². The molecule has 1 aromatic carbocycles. The van der Waals surface area contributed by atoms with Crippen molar-refractivity contribution in [3.05, 3.63) is 50.6 Å². The molecule has 0 saturated carbocycles. The number of nitrogens with one attached hydrogen (secondary N) is 3. The Morgan fingerprint density at radius 1 is 1.26 bits per heavy atom. The first-order chi connectivity index (χ1) is 11.0. The summed E-state index contributed by atoms with van der Waals surface area (Å²) < 4.78 is 1.09. The number of carbonyl (C=O) groups is 2. The molecule has 0 aliphatic rings. The summed E-state index contributed by atoms with van der Waals surface area (Å²) in [5, 5.41) is 5.40. The van der Waals surface area contributed by atoms with E-state index in [1.54, 1.807) is 42.6 Å². The summed E-state index contributed by atoms with van der Waals surface area (Å²) in [5.74, 6) is -0.251. The lowest BCUT2D eigenvalue weighted by molar-refractivity contribution is -0.884. The quantitative estimate of drug-likeness (QED) is 0.692. The van der Waals surface area contributed by atoms with Gasteiger partial charge in [-0.1, -0.05) is 6.07 Å². The van der Waals surface area contributed by atoms with Crippen molar-refractivity contribution in [2.75, 3.05) is 26.0 Å². The molecule has 0 fully saturated rings. The molecule has 5 nitrogen and oxygen atoms in total. The maximum Gasteiger partial charge on any atom is 0.279 e. The third kappa shape index (κ3) is 5.46. The van der Waals surface area contributed by atoms with Crippen LogP contribution in [0.3, 0.4) is 0 Å². The van der Waals surface area contributed by atoms with Gasteiger partial charge in [-0.25, -0.2) is 0 Å². The van der Waals surface area contributed by atoms with Gasteiger partial charge in [0.1, 0.15) is 6.54 Å². The fraction of sp³-hybridized carbons (Fsp3) is 0.250. The number of thiophene rings is 1. The van der Waals surface area contributed by atoms with Gasteiger partial charge in [-0.15, -0.1) is 11.3 Å². The van der Waals surface area contributed by atoms with Crippen molar-refractivity contribution in [1.82, 2.24) is 5.32 Å². The summed E-state index contributed by atoms with van der Waals surface area (Å²) in [6.07, 6.45) is 0. The van der Waals surface area contributed by atoms with Gasteiger partial charge in [0, 0.05) is 18.3 Å². The number of amides is 2. The smallest absolute Gasteiger partial charge is 0.279 e. The first kappa shape index (κ1) is 17.7. The minimum Gasteiger partial charge on any atom is -0.355 e. The highest BCUT2D eigenvalue weighted by molar-refractivity contribution is 9.11. The monoisotopic (exact) mass is 396 g/mol. The molecule has 0 aliphatic carbocycles. The molecule has 23 heavy (non-hydrogen) atoms. The minimum atomic E-state index is -0.174. The predicted octanol–water partition coefficient (Wildman–Crippen LogP) is 1.52. The average Bonchev–Trinajstić information content (AvgIpc) is 2.91. The lowest BCUT2D eigenvalue weighted by atomic mass is 10.2. The third-order valence-corrected chi connectivity index (χ3v) is 4.83. The number of hydrogen-bond acceptors (Lipinski definition) is 3. The van der Waals surface area contributed by atoms with Gasteiger partial charge in [0.05, 0.1) is 15.7 Å². The second kappa shape index (κ2) is 8.24. The number of quaternary nitrogens is 1. The van der Waals surface area contributed by atoms with Crippen molar-refractivity contribution >= 4 is 44.8 Å². The lowest BCUT2D eigenvalue weighted by Crippen LogP contribution is -3.08. The van der Waals surface area contributed by atoms with Crippen LogP contribution in [0.25, 0.3) is 0 Å². The molecule has 0 spiro atoms. The maximum absolute atomic E-state index is 12.1. The van der Waals surface area contributed by atoms with Gasteiger partial charge in [0.25, 0.3) is 11.8 Å². The van der Waals surface area contributed by atoms with Gasteiger partial charge in [0.15, 0.2) is 6.54 Å². The van der Waals surface area contributed by atoms with E-state index in [1.165, 1.54) is 4.88 Å². The summed E-state index contributed by atoms with van der Waals surface area (Å²) in [4.78, 5) is 26.1. The van der Waals surface area contributed by atoms with Crippen LogP contribution >= 0.6 is 27.3 Å². The van der Waals surface area contributed by atoms with Crippen molar-refractivity contribution in [3.63, 3.8) is 0 Å². The second-order valence-corrected chi connectivity index (χ2v) is 7.77. The van der Waals surface area contributed by atoms with Crippen molar-refractivity contribution in [1.29, 1.82) is 0 Å². The molecule has 1 aromatic heterocycles. The summed E-state index contributed by atoms with van der Waals surface area (Å²) in [6.45, 7) is 1.15. The summed E-state index contributed by atoms with van der Waals surface area (Å²) in [6, 6.07) is 11.0. The molecule has 0 bridgehead atoms. The minimum absolute atomic E-state index is 0.0767. The summed E-state index contributed by atoms with van der Waals surface area (Å²) >= 11 is 5.11. The first-order valence-electron chi connectivity index (χ1n) is 7.15. The van der Waals surface area contributed by atoms with Crippen molar-refractivity contribution in [2.24, 2.45) is 0 Å². The van der Waals surface area contributed by atoms with Crippen molar-refractivity contribution in [2.45, 2.75) is 6.54 Å². The number of likely N-dealkylation sites (N-methyl/N-ethyl adjacent to an activating group) is 1. The second-order valence-electron chi connectivity index (χ2n) is 5.22. The van der Waals surface area contributed by atoms with Crippen LogP contribution in [-0.2, 0) is 11.3 Å². The Balaban J connectivity index is 1.90. The number of benzene rings is 1. The molecule has 2 rings (SSSR count). The molecular formula is C16H19BrN3O2S+. The van der Waals surface area contributed by atoms with Crippen LogP contribution in [0.4, 0.5) is 5.69 Å². The van der Waals surface area contributed by atoms with Gasteiger partial charge in [-0.2, -0.15) is 0 Å². The highest BCUT2D eigenvalue weighted by atomic mass is 79.9. The normalized spacial score (nSPS) is 11.8. The Hall–Kier alpha value is -1.70. The van der Waals surface area contributed by atoms with E-state index in [9.17, 15) is 9.59 Å². The fourth-order valence-corrected chi connectivity index (χ4v) is 3.77. The molecule has 1 unspecified atom stereocenters. The Morgan fingerprint density at radius 2 is 2.04 bits per heavy atom. The van der Waals surface area contributed by atoms with Crippen molar-refractivity contribution < 1.29 is 14.5 Å². The zero-order valence-corrected chi connectivity index (χ0v) is 15.4. The molecule has 3 N–H and O–H groups in total. The Kier molecular flexibility index (Phi) is 6.32. The van der Waals surface area contributed by atoms with E-state index >= 15 is 0 Å². The standard InChI is InChI=1S/C16H18BrN3O2S/c1-18-16(22)11-4-3-5-12(8-11)19-15(21)10-20(2)9-13-6-7-14(17)23-13/h3-8H,9-10H2,1-2H3,(H,18,22)(H,19,21)/p+1. The molecule has 0 radical (unpaired) electrons. The Bertz CT molecular complexity index is 702. The largest absolute Gasteiger partial charge is 0.355 e. The van der Waals surface area contributed by atoms with Gasteiger partial charge in [0.2, 0.25) is 0 Å². The SMILES string of the molecule is CNC(=O)c1cccc(NC(=O)C[NH+](C)Cc2ccc(Br)s2)c1. The summed E-state index contributed by atoms with van der Waals surface area (Å²) in [7, 11) is 3.56. The summed E-state index contributed by atoms with van der Waals surface area (Å²) in [5.41, 5.74) is 1.15. The van der Waals surface area contributed by atoms with Crippen LogP contribution in [0.1, 0.15) is 15.2 Å². The number of hydrogen-bond donors (Lipinski definition) is 3. The van der Waals surface area contributed by atoms with Gasteiger partial charge < -0.3 is 15.5 Å². The van der Waals surface area contributed by atoms with Gasteiger partial charge >= 0.3 is 0 Å². The number of anilines is 1. The third-order valence-electron chi connectivity index (χ3n) is 3.20. The van der Waals surface area contributed by atoms with E-state index in [0.29, 0.717) is 17.8 Å². The Morgan fingerprint density at radius 3 is 2.70 bits per heavy atom. The topological polar surface area (TPSA) is 62.6 Å². The van der Waals surface area contributed by atoms with Crippen LogP contribution < -0.4 is 15.5 Å². The fourth-order valence-electron chi connectivity index (χ4n) is 2.17. The van der Waals surface area contributed by atoms with Gasteiger partial charge in [-0.05, 0) is 46.3 Å². The number of halogens is 1. The molecule has 122 valence electrons. The lowest BCUT2D eigenvalue weighted by Gasteiger charge is -2.13. The van der Waals surface area contributed by atoms with Crippen LogP contribution in [0, 0.1) is 0 Å². The first-order valence-corrected chi connectivity index (χ1v) is 8.76. The predicted molar refractivity (Wildman–Crippen MR) is 95.9 cm³/mol. The molecule has 1 heterocycles. The molecule has 0 aliphatic heterocycles. The van der Waals surface area contributed by atoms with Gasteiger partial charge in [-0.3, -0.25) is 9.59 Å². The number of rotatable bonds is 6. The molecule has 2 amide bonds. The van der Waals surface area contributed by atoms with Crippen LogP contribution in [-0.4, -0.2) is 32.5 Å². The van der Waals surface area contributed by atoms with E-state index in [1.807, 2.05) is 13.1 Å². The van der Waals surface area contributed by atoms with E-state index in [-0.39, 0.29) is 11.8 Å². The van der Waals surface area contributed by atoms with E-state index in [0.717, 1.165) is 15.2 Å². The zero-order chi connectivity index (χ0) is 16.8. The van der Waals surface area contributed by atoms with E-state index in [2.05, 4.69) is 32.6 Å². The maximum atomic E-state index is 12.1. The van der Waals surface area contributed by atoms with Crippen LogP contribution in [0.15, 0.2) is 40.2 Å². The molecule has 1 atom stereocenters.